The molecule has 0 aromatic rings. The maximum Gasteiger partial charge on any atom is 0.0758 e. The molecule has 0 nitrogen and oxygen atoms in total. The van der Waals surface area contributed by atoms with Crippen LogP contribution in [0.15, 0.2) is 37.0 Å². The highest BCUT2D eigenvalue weighted by atomic mass is 14.0. The Labute approximate surface area is 71.1 Å². The molecule has 0 saturated carbocycles. The van der Waals surface area contributed by atoms with Gasteiger partial charge in [0.1, 0.15) is 0 Å². The Morgan fingerprint density at radius 3 is 2.45 bits per heavy atom. The molecule has 0 spiro atoms. The molecular formula is C10H15B. The van der Waals surface area contributed by atoms with Crippen LogP contribution >= 0.6 is 0 Å². The monoisotopic (exact) mass is 146 g/mol. The largest absolute Gasteiger partial charge is 0.101 e. The molecular weight excluding hydrogens is 131 g/mol. The highest BCUT2D eigenvalue weighted by molar-refractivity contribution is 6.13. The first kappa shape index (κ1) is 10.3. The van der Waals surface area contributed by atoms with E-state index in [0.717, 1.165) is 24.0 Å². The molecule has 0 saturated heterocycles. The minimum Gasteiger partial charge on any atom is -0.101 e. The molecule has 0 fully saturated rings. The predicted octanol–water partition coefficient (Wildman–Crippen LogP) is 3.04. The highest BCUT2D eigenvalue weighted by Gasteiger charge is 2.01. The Kier molecular flexibility index (Phi) is 4.68. The molecule has 1 unspecified atom stereocenters. The van der Waals surface area contributed by atoms with Crippen LogP contribution in [0.2, 0.25) is 5.82 Å². The highest BCUT2D eigenvalue weighted by Crippen LogP contribution is 2.19. The number of rotatable bonds is 5. The van der Waals surface area contributed by atoms with Crippen molar-refractivity contribution >= 4 is 7.85 Å². The summed E-state index contributed by atoms with van der Waals surface area (Å²) in [6, 6.07) is 0. The average Bonchev–Trinajstić information content (AvgIpc) is 1.99. The van der Waals surface area contributed by atoms with Gasteiger partial charge in [0.25, 0.3) is 0 Å². The Hall–Kier alpha value is -0.715. The summed E-state index contributed by atoms with van der Waals surface area (Å²) < 4.78 is 0. The van der Waals surface area contributed by atoms with Gasteiger partial charge in [0.2, 0.25) is 0 Å². The van der Waals surface area contributed by atoms with E-state index in [1.54, 1.807) is 6.08 Å². The van der Waals surface area contributed by atoms with E-state index < -0.39 is 0 Å². The van der Waals surface area contributed by atoms with Crippen molar-refractivity contribution in [2.75, 3.05) is 0 Å². The standard InChI is InChI=1S/C10H15B/c1-5-9(4)6-7-10(11)8(2)3/h5,10H,1-2,4,6-7H2,3H3. The molecule has 0 aromatic heterocycles. The smallest absolute Gasteiger partial charge is 0.0758 e. The molecule has 0 amide bonds. The lowest BCUT2D eigenvalue weighted by atomic mass is 9.78. The molecule has 1 heteroatoms. The van der Waals surface area contributed by atoms with Crippen molar-refractivity contribution in [3.05, 3.63) is 37.0 Å². The quantitative estimate of drug-likeness (QED) is 0.317. The van der Waals surface area contributed by atoms with E-state index in [0.29, 0.717) is 0 Å². The van der Waals surface area contributed by atoms with Crippen molar-refractivity contribution in [1.82, 2.24) is 0 Å². The first-order valence-electron chi connectivity index (χ1n) is 3.79. The van der Waals surface area contributed by atoms with Crippen LogP contribution in [-0.4, -0.2) is 7.85 Å². The summed E-state index contributed by atoms with van der Waals surface area (Å²) >= 11 is 0. The van der Waals surface area contributed by atoms with Gasteiger partial charge in [-0.2, -0.15) is 0 Å². The summed E-state index contributed by atoms with van der Waals surface area (Å²) in [7, 11) is 5.74. The van der Waals surface area contributed by atoms with Crippen LogP contribution in [0.25, 0.3) is 0 Å². The molecule has 0 rings (SSSR count). The van der Waals surface area contributed by atoms with Crippen LogP contribution in [-0.2, 0) is 0 Å². The van der Waals surface area contributed by atoms with E-state index in [9.17, 15) is 0 Å². The summed E-state index contributed by atoms with van der Waals surface area (Å²) in [5.74, 6) is 0.103. The van der Waals surface area contributed by atoms with Crippen LogP contribution in [0, 0.1) is 0 Å². The van der Waals surface area contributed by atoms with Gasteiger partial charge in [0.15, 0.2) is 0 Å². The van der Waals surface area contributed by atoms with Crippen molar-refractivity contribution in [2.24, 2.45) is 0 Å². The number of hydrogen-bond donors (Lipinski definition) is 0. The fourth-order valence-electron chi connectivity index (χ4n) is 0.689. The minimum atomic E-state index is 0.103. The van der Waals surface area contributed by atoms with Crippen LogP contribution in [0.5, 0.6) is 0 Å². The molecule has 0 heterocycles. The third kappa shape index (κ3) is 4.66. The van der Waals surface area contributed by atoms with Gasteiger partial charge < -0.3 is 0 Å². The second kappa shape index (κ2) is 5.00. The van der Waals surface area contributed by atoms with E-state index in [4.69, 9.17) is 7.85 Å². The maximum atomic E-state index is 5.74. The zero-order valence-electron chi connectivity index (χ0n) is 7.27. The lowest BCUT2D eigenvalue weighted by Crippen LogP contribution is -1.93. The predicted molar refractivity (Wildman–Crippen MR) is 52.9 cm³/mol. The minimum absolute atomic E-state index is 0.103. The van der Waals surface area contributed by atoms with Gasteiger partial charge >= 0.3 is 0 Å². The fourth-order valence-corrected chi connectivity index (χ4v) is 0.689. The Balaban J connectivity index is 3.62. The number of hydrogen-bond acceptors (Lipinski definition) is 0. The summed E-state index contributed by atoms with van der Waals surface area (Å²) in [4.78, 5) is 0. The second-order valence-electron chi connectivity index (χ2n) is 2.85. The number of allylic oxidation sites excluding steroid dienone is 3. The Morgan fingerprint density at radius 2 is 2.09 bits per heavy atom. The van der Waals surface area contributed by atoms with Gasteiger partial charge in [0.05, 0.1) is 7.85 Å². The van der Waals surface area contributed by atoms with E-state index in [1.165, 1.54) is 0 Å². The summed E-state index contributed by atoms with van der Waals surface area (Å²) in [6.45, 7) is 13.1. The molecule has 11 heavy (non-hydrogen) atoms. The van der Waals surface area contributed by atoms with Crippen molar-refractivity contribution in [1.29, 1.82) is 0 Å². The van der Waals surface area contributed by atoms with Gasteiger partial charge in [-0.1, -0.05) is 42.6 Å². The third-order valence-electron chi connectivity index (χ3n) is 1.70. The molecule has 0 N–H and O–H groups in total. The fraction of sp³-hybridized carbons (Fsp3) is 0.400. The zero-order chi connectivity index (χ0) is 8.85. The molecule has 0 aliphatic carbocycles. The van der Waals surface area contributed by atoms with E-state index in [-0.39, 0.29) is 5.82 Å². The second-order valence-corrected chi connectivity index (χ2v) is 2.85. The molecule has 58 valence electrons. The van der Waals surface area contributed by atoms with Crippen molar-refractivity contribution in [3.63, 3.8) is 0 Å². The van der Waals surface area contributed by atoms with Crippen molar-refractivity contribution in [3.8, 4) is 0 Å². The molecule has 2 radical (unpaired) electrons. The average molecular weight is 146 g/mol. The van der Waals surface area contributed by atoms with Crippen molar-refractivity contribution < 1.29 is 0 Å². The lowest BCUT2D eigenvalue weighted by Gasteiger charge is -2.10. The first-order valence-corrected chi connectivity index (χ1v) is 3.79. The zero-order valence-corrected chi connectivity index (χ0v) is 7.27. The summed E-state index contributed by atoms with van der Waals surface area (Å²) in [5.41, 5.74) is 2.07. The van der Waals surface area contributed by atoms with Crippen LogP contribution in [0.4, 0.5) is 0 Å². The van der Waals surface area contributed by atoms with Crippen LogP contribution in [0.3, 0.4) is 0 Å². The van der Waals surface area contributed by atoms with Gasteiger partial charge in [-0.05, 0) is 13.3 Å². The van der Waals surface area contributed by atoms with E-state index in [2.05, 4.69) is 19.7 Å². The normalized spacial score (nSPS) is 12.1. The summed E-state index contributed by atoms with van der Waals surface area (Å²) in [5, 5.41) is 0. The lowest BCUT2D eigenvalue weighted by molar-refractivity contribution is 0.816. The Bertz CT molecular complexity index is 168. The molecule has 1 atom stereocenters. The summed E-state index contributed by atoms with van der Waals surface area (Å²) in [6.07, 6.45) is 3.60. The van der Waals surface area contributed by atoms with Gasteiger partial charge in [-0.15, -0.1) is 6.58 Å². The van der Waals surface area contributed by atoms with Crippen LogP contribution < -0.4 is 0 Å². The first-order chi connectivity index (χ1) is 5.07. The molecule has 0 aliphatic rings. The molecule has 0 aromatic carbocycles. The van der Waals surface area contributed by atoms with E-state index in [1.807, 2.05) is 6.92 Å². The topological polar surface area (TPSA) is 0 Å². The molecule has 0 aliphatic heterocycles. The van der Waals surface area contributed by atoms with E-state index >= 15 is 0 Å². The van der Waals surface area contributed by atoms with Gasteiger partial charge in [0, 0.05) is 0 Å². The van der Waals surface area contributed by atoms with Gasteiger partial charge in [-0.3, -0.25) is 0 Å². The SMILES string of the molecule is [B]C(CCC(=C)C=C)C(=C)C. The van der Waals surface area contributed by atoms with Gasteiger partial charge in [-0.25, -0.2) is 0 Å². The maximum absolute atomic E-state index is 5.74. The van der Waals surface area contributed by atoms with Crippen LogP contribution in [0.1, 0.15) is 19.8 Å². The van der Waals surface area contributed by atoms with Crippen molar-refractivity contribution in [2.45, 2.75) is 25.6 Å². The Morgan fingerprint density at radius 1 is 1.55 bits per heavy atom. The molecule has 0 bridgehead atoms. The third-order valence-corrected chi connectivity index (χ3v) is 1.70.